The van der Waals surface area contributed by atoms with E-state index in [0.717, 1.165) is 13.0 Å². The molecule has 1 saturated heterocycles. The Kier molecular flexibility index (Phi) is 3.03. The zero-order valence-electron chi connectivity index (χ0n) is 10.1. The van der Waals surface area contributed by atoms with Crippen molar-refractivity contribution in [3.8, 4) is 0 Å². The molecule has 2 fully saturated rings. The molecule has 98 valence electrons. The zero-order valence-corrected chi connectivity index (χ0v) is 10.1. The molecule has 2 atom stereocenters. The molecule has 6 nitrogen and oxygen atoms in total. The summed E-state index contributed by atoms with van der Waals surface area (Å²) in [6.45, 7) is 0.718. The normalized spacial score (nSPS) is 31.8. The van der Waals surface area contributed by atoms with E-state index in [1.165, 1.54) is 12.8 Å². The Hall–Kier alpha value is -1.43. The highest BCUT2D eigenvalue weighted by molar-refractivity contribution is 6.39. The highest BCUT2D eigenvalue weighted by atomic mass is 16.5. The van der Waals surface area contributed by atoms with Crippen molar-refractivity contribution in [3.63, 3.8) is 0 Å². The summed E-state index contributed by atoms with van der Waals surface area (Å²) < 4.78 is 5.67. The van der Waals surface area contributed by atoms with Crippen molar-refractivity contribution >= 4 is 17.5 Å². The molecule has 0 radical (unpaired) electrons. The fourth-order valence-corrected chi connectivity index (χ4v) is 2.54. The number of ether oxygens (including phenoxy) is 1. The van der Waals surface area contributed by atoms with E-state index in [2.05, 4.69) is 15.8 Å². The number of rotatable bonds is 3. The second kappa shape index (κ2) is 4.68. The van der Waals surface area contributed by atoms with Crippen LogP contribution in [0.5, 0.6) is 0 Å². The molecule has 0 aromatic heterocycles. The van der Waals surface area contributed by atoms with Crippen LogP contribution in [0, 0.1) is 5.92 Å². The molecular weight excluding hydrogens is 234 g/mol. The summed E-state index contributed by atoms with van der Waals surface area (Å²) in [7, 11) is 0. The maximum Gasteiger partial charge on any atom is 0.267 e. The van der Waals surface area contributed by atoms with Gasteiger partial charge in [0.05, 0.1) is 12.1 Å². The minimum absolute atomic E-state index is 0.102. The highest BCUT2D eigenvalue weighted by Gasteiger charge is 2.41. The predicted molar refractivity (Wildman–Crippen MR) is 63.8 cm³/mol. The van der Waals surface area contributed by atoms with E-state index in [1.54, 1.807) is 0 Å². The van der Waals surface area contributed by atoms with Crippen LogP contribution >= 0.6 is 0 Å². The minimum atomic E-state index is -0.170. The van der Waals surface area contributed by atoms with Crippen LogP contribution in [0.3, 0.4) is 0 Å². The van der Waals surface area contributed by atoms with E-state index in [9.17, 15) is 9.59 Å². The monoisotopic (exact) mass is 251 g/mol. The van der Waals surface area contributed by atoms with Crippen molar-refractivity contribution < 1.29 is 14.3 Å². The maximum atomic E-state index is 12.0. The van der Waals surface area contributed by atoms with Crippen LogP contribution in [-0.4, -0.2) is 36.3 Å². The van der Waals surface area contributed by atoms with Crippen molar-refractivity contribution in [1.82, 2.24) is 10.7 Å². The SMILES string of the molecule is O=C1CCC(C(=O)NC2CCOC2C2CC2)=NN1. The molecule has 2 heterocycles. The first-order chi connectivity index (χ1) is 8.74. The molecule has 3 rings (SSSR count). The fraction of sp³-hybridized carbons (Fsp3) is 0.750. The number of nitrogens with zero attached hydrogens (tertiary/aromatic N) is 1. The second-order valence-corrected chi connectivity index (χ2v) is 5.13. The first-order valence-electron chi connectivity index (χ1n) is 6.52. The standard InChI is InChI=1S/C12H17N3O3/c16-10-4-3-9(14-15-10)12(17)13-8-5-6-18-11(8)7-1-2-7/h7-8,11H,1-6H2,(H,13,17)(H,15,16). The number of carbonyl (C=O) groups excluding carboxylic acids is 2. The van der Waals surface area contributed by atoms with Gasteiger partial charge in [-0.1, -0.05) is 0 Å². The third-order valence-electron chi connectivity index (χ3n) is 3.71. The first kappa shape index (κ1) is 11.6. The van der Waals surface area contributed by atoms with Gasteiger partial charge in [0.15, 0.2) is 0 Å². The molecule has 0 aromatic carbocycles. The van der Waals surface area contributed by atoms with Crippen LogP contribution in [0.4, 0.5) is 0 Å². The molecule has 3 aliphatic rings. The van der Waals surface area contributed by atoms with Crippen LogP contribution in [-0.2, 0) is 14.3 Å². The summed E-state index contributed by atoms with van der Waals surface area (Å²) in [5, 5.41) is 6.79. The van der Waals surface area contributed by atoms with Crippen molar-refractivity contribution in [3.05, 3.63) is 0 Å². The Morgan fingerprint density at radius 1 is 1.33 bits per heavy atom. The molecule has 6 heteroatoms. The second-order valence-electron chi connectivity index (χ2n) is 5.13. The summed E-state index contributed by atoms with van der Waals surface area (Å²) >= 11 is 0. The van der Waals surface area contributed by atoms with Crippen molar-refractivity contribution in [1.29, 1.82) is 0 Å². The third-order valence-corrected chi connectivity index (χ3v) is 3.71. The lowest BCUT2D eigenvalue weighted by atomic mass is 10.1. The lowest BCUT2D eigenvalue weighted by molar-refractivity contribution is -0.121. The molecule has 18 heavy (non-hydrogen) atoms. The van der Waals surface area contributed by atoms with Crippen molar-refractivity contribution in [2.75, 3.05) is 6.61 Å². The van der Waals surface area contributed by atoms with E-state index in [-0.39, 0.29) is 24.0 Å². The number of amides is 2. The number of hydrazone groups is 1. The van der Waals surface area contributed by atoms with Gasteiger partial charge in [-0.3, -0.25) is 9.59 Å². The number of hydrogen-bond acceptors (Lipinski definition) is 4. The Bertz CT molecular complexity index is 403. The van der Waals surface area contributed by atoms with Gasteiger partial charge in [0.25, 0.3) is 5.91 Å². The first-order valence-corrected chi connectivity index (χ1v) is 6.52. The van der Waals surface area contributed by atoms with Crippen LogP contribution in [0.1, 0.15) is 32.1 Å². The molecule has 0 spiro atoms. The Morgan fingerprint density at radius 3 is 2.83 bits per heavy atom. The molecule has 2 amide bonds. The summed E-state index contributed by atoms with van der Waals surface area (Å²) in [5.41, 5.74) is 2.75. The Labute approximate surface area is 105 Å². The summed E-state index contributed by atoms with van der Waals surface area (Å²) in [6.07, 6.45) is 4.20. The van der Waals surface area contributed by atoms with Crippen LogP contribution in [0.2, 0.25) is 0 Å². The van der Waals surface area contributed by atoms with Gasteiger partial charge in [-0.25, -0.2) is 5.43 Å². The summed E-state index contributed by atoms with van der Waals surface area (Å²) in [6, 6.07) is 0.102. The Balaban J connectivity index is 1.58. The van der Waals surface area contributed by atoms with Gasteiger partial charge >= 0.3 is 0 Å². The quantitative estimate of drug-likeness (QED) is 0.737. The number of carbonyl (C=O) groups is 2. The molecule has 0 aromatic rings. The van der Waals surface area contributed by atoms with Gasteiger partial charge < -0.3 is 10.1 Å². The summed E-state index contributed by atoms with van der Waals surface area (Å²) in [4.78, 5) is 23.0. The zero-order chi connectivity index (χ0) is 12.5. The largest absolute Gasteiger partial charge is 0.376 e. The van der Waals surface area contributed by atoms with Gasteiger partial charge in [-0.05, 0) is 25.2 Å². The number of hydrogen-bond donors (Lipinski definition) is 2. The molecular formula is C12H17N3O3. The molecule has 0 bridgehead atoms. The van der Waals surface area contributed by atoms with E-state index in [0.29, 0.717) is 24.5 Å². The van der Waals surface area contributed by atoms with E-state index in [1.807, 2.05) is 0 Å². The third kappa shape index (κ3) is 2.38. The summed E-state index contributed by atoms with van der Waals surface area (Å²) in [5.74, 6) is 0.313. The predicted octanol–water partition coefficient (Wildman–Crippen LogP) is -0.0639. The number of nitrogens with one attached hydrogen (secondary N) is 2. The lowest BCUT2D eigenvalue weighted by Crippen LogP contribution is -2.45. The van der Waals surface area contributed by atoms with Gasteiger partial charge in [-0.15, -0.1) is 0 Å². The van der Waals surface area contributed by atoms with E-state index >= 15 is 0 Å². The van der Waals surface area contributed by atoms with Crippen molar-refractivity contribution in [2.45, 2.75) is 44.2 Å². The molecule has 2 N–H and O–H groups in total. The van der Waals surface area contributed by atoms with Crippen LogP contribution in [0.15, 0.2) is 5.10 Å². The fourth-order valence-electron chi connectivity index (χ4n) is 2.54. The van der Waals surface area contributed by atoms with Gasteiger partial charge in [0.1, 0.15) is 5.71 Å². The molecule has 2 unspecified atom stereocenters. The topological polar surface area (TPSA) is 79.8 Å². The van der Waals surface area contributed by atoms with E-state index < -0.39 is 0 Å². The molecule has 2 aliphatic heterocycles. The van der Waals surface area contributed by atoms with Crippen LogP contribution < -0.4 is 10.7 Å². The maximum absolute atomic E-state index is 12.0. The average molecular weight is 251 g/mol. The Morgan fingerprint density at radius 2 is 2.17 bits per heavy atom. The van der Waals surface area contributed by atoms with Gasteiger partial charge in [0, 0.05) is 19.4 Å². The molecule has 1 aliphatic carbocycles. The highest BCUT2D eigenvalue weighted by Crippen LogP contribution is 2.38. The smallest absolute Gasteiger partial charge is 0.267 e. The van der Waals surface area contributed by atoms with Crippen LogP contribution in [0.25, 0.3) is 0 Å². The van der Waals surface area contributed by atoms with Gasteiger partial charge in [0.2, 0.25) is 5.91 Å². The average Bonchev–Trinajstić information content (AvgIpc) is 3.11. The molecule has 1 saturated carbocycles. The minimum Gasteiger partial charge on any atom is -0.376 e. The lowest BCUT2D eigenvalue weighted by Gasteiger charge is -2.20. The van der Waals surface area contributed by atoms with Crippen molar-refractivity contribution in [2.24, 2.45) is 11.0 Å². The van der Waals surface area contributed by atoms with E-state index in [4.69, 9.17) is 4.74 Å². The van der Waals surface area contributed by atoms with Gasteiger partial charge in [-0.2, -0.15) is 5.10 Å².